The Bertz CT molecular complexity index is 1140. The molecule has 0 aliphatic carbocycles. The molecule has 1 spiro atoms. The van der Waals surface area contributed by atoms with E-state index in [1.54, 1.807) is 17.1 Å². The molecular formula is C32H43N3O7. The first-order valence-corrected chi connectivity index (χ1v) is 15.1. The molecule has 2 amide bonds. The first-order valence-electron chi connectivity index (χ1n) is 15.1. The molecule has 1 N–H and O–H groups in total. The van der Waals surface area contributed by atoms with Gasteiger partial charge in [-0.25, -0.2) is 0 Å². The van der Waals surface area contributed by atoms with Crippen molar-refractivity contribution >= 4 is 17.8 Å². The van der Waals surface area contributed by atoms with Gasteiger partial charge in [-0.2, -0.15) is 0 Å². The molecular weight excluding hydrogens is 538 g/mol. The van der Waals surface area contributed by atoms with Gasteiger partial charge in [-0.3, -0.25) is 19.3 Å². The van der Waals surface area contributed by atoms with Crippen LogP contribution in [0.5, 0.6) is 0 Å². The number of esters is 1. The Morgan fingerprint density at radius 1 is 1.19 bits per heavy atom. The Morgan fingerprint density at radius 2 is 1.95 bits per heavy atom. The summed E-state index contributed by atoms with van der Waals surface area (Å²) in [6.07, 6.45) is 4.77. The molecule has 1 aromatic carbocycles. The van der Waals surface area contributed by atoms with E-state index < -0.39 is 41.6 Å². The Labute approximate surface area is 247 Å². The second-order valence-corrected chi connectivity index (χ2v) is 11.6. The van der Waals surface area contributed by atoms with Crippen LogP contribution in [-0.2, 0) is 35.0 Å². The van der Waals surface area contributed by atoms with E-state index in [1.165, 1.54) is 4.90 Å². The normalized spacial score (nSPS) is 29.3. The smallest absolute Gasteiger partial charge is 0.312 e. The minimum Gasteiger partial charge on any atom is -0.465 e. The van der Waals surface area contributed by atoms with Crippen molar-refractivity contribution in [1.82, 2.24) is 14.7 Å². The maximum absolute atomic E-state index is 14.6. The molecule has 228 valence electrons. The molecule has 10 heteroatoms. The van der Waals surface area contributed by atoms with Crippen molar-refractivity contribution in [2.45, 2.75) is 49.5 Å². The number of aliphatic hydroxyl groups excluding tert-OH is 1. The van der Waals surface area contributed by atoms with Crippen LogP contribution in [0.2, 0.25) is 0 Å². The van der Waals surface area contributed by atoms with Crippen molar-refractivity contribution in [3.8, 4) is 0 Å². The third-order valence-corrected chi connectivity index (χ3v) is 9.18. The molecule has 4 aliphatic heterocycles. The predicted octanol–water partition coefficient (Wildman–Crippen LogP) is 1.43. The first kappa shape index (κ1) is 30.4. The van der Waals surface area contributed by atoms with Crippen LogP contribution < -0.4 is 0 Å². The second kappa shape index (κ2) is 13.5. The van der Waals surface area contributed by atoms with Crippen molar-refractivity contribution in [1.29, 1.82) is 0 Å². The van der Waals surface area contributed by atoms with Gasteiger partial charge in [0.05, 0.1) is 50.4 Å². The van der Waals surface area contributed by atoms with Crippen molar-refractivity contribution in [3.63, 3.8) is 0 Å². The number of likely N-dealkylation sites (tertiary alicyclic amines) is 1. The molecule has 5 rings (SSSR count). The molecule has 1 aromatic rings. The lowest BCUT2D eigenvalue weighted by Gasteiger charge is -2.40. The summed E-state index contributed by atoms with van der Waals surface area (Å²) in [6, 6.07) is 7.95. The van der Waals surface area contributed by atoms with Gasteiger partial charge in [0.2, 0.25) is 11.8 Å². The summed E-state index contributed by atoms with van der Waals surface area (Å²) in [6.45, 7) is 11.7. The maximum Gasteiger partial charge on any atom is 0.312 e. The van der Waals surface area contributed by atoms with E-state index >= 15 is 0 Å². The Morgan fingerprint density at radius 3 is 2.64 bits per heavy atom. The SMILES string of the molecule is C=CCCOC(=O)[C@@H]1[C@H]2C(=O)N([C@@H](CO)Cc3ccccc3)C(C(=O)N(CC=C)CCN3CCOCC3)C23CC[C@H]1O3. The van der Waals surface area contributed by atoms with Crippen molar-refractivity contribution in [3.05, 3.63) is 61.2 Å². The lowest BCUT2D eigenvalue weighted by Crippen LogP contribution is -2.59. The summed E-state index contributed by atoms with van der Waals surface area (Å²) in [5, 5.41) is 10.6. The summed E-state index contributed by atoms with van der Waals surface area (Å²) in [5.41, 5.74) is -0.227. The fourth-order valence-corrected chi connectivity index (χ4v) is 7.21. The van der Waals surface area contributed by atoms with Crippen molar-refractivity contribution in [2.24, 2.45) is 11.8 Å². The molecule has 42 heavy (non-hydrogen) atoms. The molecule has 0 radical (unpaired) electrons. The second-order valence-electron chi connectivity index (χ2n) is 11.6. The number of carbonyl (C=O) groups excluding carboxylic acids is 3. The highest BCUT2D eigenvalue weighted by Crippen LogP contribution is 2.59. The van der Waals surface area contributed by atoms with Gasteiger partial charge >= 0.3 is 5.97 Å². The van der Waals surface area contributed by atoms with Gasteiger partial charge < -0.3 is 29.1 Å². The van der Waals surface area contributed by atoms with Gasteiger partial charge in [0.1, 0.15) is 11.6 Å². The standard InChI is InChI=1S/C32H43N3O7/c1-3-5-18-41-31(39)26-25-11-12-32(42-25)27(26)29(37)35(24(22-36)21-23-9-7-6-8-10-23)28(32)30(38)34(13-4-2)15-14-33-16-19-40-20-17-33/h3-4,6-10,24-28,36H,1-2,5,11-22H2/t24-,25-,26+,27+,28?,32?/m1/s1. The molecule has 2 bridgehead atoms. The van der Waals surface area contributed by atoms with Crippen LogP contribution in [0, 0.1) is 11.8 Å². The number of hydrogen-bond acceptors (Lipinski definition) is 8. The number of ether oxygens (including phenoxy) is 3. The third-order valence-electron chi connectivity index (χ3n) is 9.18. The summed E-state index contributed by atoms with van der Waals surface area (Å²) < 4.78 is 17.6. The largest absolute Gasteiger partial charge is 0.465 e. The highest BCUT2D eigenvalue weighted by molar-refractivity contribution is 5.98. The molecule has 4 fully saturated rings. The lowest BCUT2D eigenvalue weighted by atomic mass is 9.70. The number of morpholine rings is 1. The molecule has 0 aromatic heterocycles. The number of benzene rings is 1. The van der Waals surface area contributed by atoms with E-state index in [4.69, 9.17) is 14.2 Å². The number of amides is 2. The van der Waals surface area contributed by atoms with Gasteiger partial charge in [0.15, 0.2) is 0 Å². The van der Waals surface area contributed by atoms with Crippen molar-refractivity contribution in [2.75, 3.05) is 59.2 Å². The molecule has 0 saturated carbocycles. The Balaban J connectivity index is 1.48. The zero-order valence-corrected chi connectivity index (χ0v) is 24.3. The van der Waals surface area contributed by atoms with Crippen LogP contribution in [0.25, 0.3) is 0 Å². The van der Waals surface area contributed by atoms with Gasteiger partial charge in [0, 0.05) is 32.7 Å². The number of fused-ring (bicyclic) bond motifs is 1. The van der Waals surface area contributed by atoms with E-state index in [-0.39, 0.29) is 25.0 Å². The minimum atomic E-state index is -1.16. The van der Waals surface area contributed by atoms with Crippen LogP contribution in [-0.4, -0.2) is 121 Å². The van der Waals surface area contributed by atoms with E-state index in [0.717, 1.165) is 18.7 Å². The van der Waals surface area contributed by atoms with Gasteiger partial charge in [-0.1, -0.05) is 42.5 Å². The number of carbonyl (C=O) groups is 3. The monoisotopic (exact) mass is 581 g/mol. The van der Waals surface area contributed by atoms with Gasteiger partial charge in [-0.15, -0.1) is 13.2 Å². The van der Waals surface area contributed by atoms with Crippen molar-refractivity contribution < 1.29 is 33.7 Å². The number of aliphatic hydroxyl groups is 1. The lowest BCUT2D eigenvalue weighted by molar-refractivity contribution is -0.156. The van der Waals surface area contributed by atoms with Crippen LogP contribution in [0.4, 0.5) is 0 Å². The Hall–Kier alpha value is -3.05. The van der Waals surface area contributed by atoms with Crippen LogP contribution in [0.15, 0.2) is 55.6 Å². The zero-order valence-electron chi connectivity index (χ0n) is 24.3. The molecule has 10 nitrogen and oxygen atoms in total. The molecule has 4 heterocycles. The van der Waals surface area contributed by atoms with Gasteiger partial charge in [0.25, 0.3) is 0 Å². The predicted molar refractivity (Wildman–Crippen MR) is 155 cm³/mol. The maximum atomic E-state index is 14.6. The summed E-state index contributed by atoms with van der Waals surface area (Å²) in [5.74, 6) is -2.70. The molecule has 6 atom stereocenters. The molecule has 2 unspecified atom stereocenters. The Kier molecular flexibility index (Phi) is 9.77. The number of hydrogen-bond donors (Lipinski definition) is 1. The van der Waals surface area contributed by atoms with Crippen LogP contribution in [0.1, 0.15) is 24.8 Å². The van der Waals surface area contributed by atoms with E-state index in [1.807, 2.05) is 30.3 Å². The fourth-order valence-electron chi connectivity index (χ4n) is 7.21. The van der Waals surface area contributed by atoms with E-state index in [0.29, 0.717) is 58.5 Å². The average Bonchev–Trinajstić information content (AvgIpc) is 3.66. The quantitative estimate of drug-likeness (QED) is 0.200. The summed E-state index contributed by atoms with van der Waals surface area (Å²) >= 11 is 0. The van der Waals surface area contributed by atoms with Crippen LogP contribution in [0.3, 0.4) is 0 Å². The van der Waals surface area contributed by atoms with Gasteiger partial charge in [-0.05, 0) is 31.2 Å². The molecule has 4 saturated heterocycles. The molecule has 4 aliphatic rings. The van der Waals surface area contributed by atoms with E-state index in [9.17, 15) is 19.5 Å². The number of rotatable bonds is 14. The number of nitrogens with zero attached hydrogens (tertiary/aromatic N) is 3. The topological polar surface area (TPSA) is 109 Å². The average molecular weight is 582 g/mol. The highest BCUT2D eigenvalue weighted by Gasteiger charge is 2.75. The fraction of sp³-hybridized carbons (Fsp3) is 0.594. The zero-order chi connectivity index (χ0) is 29.7. The first-order chi connectivity index (χ1) is 20.4. The minimum absolute atomic E-state index is 0.174. The van der Waals surface area contributed by atoms with Crippen LogP contribution >= 0.6 is 0 Å². The summed E-state index contributed by atoms with van der Waals surface area (Å²) in [7, 11) is 0. The highest BCUT2D eigenvalue weighted by atomic mass is 16.6. The summed E-state index contributed by atoms with van der Waals surface area (Å²) in [4.78, 5) is 47.9. The third kappa shape index (κ3) is 5.77. The van der Waals surface area contributed by atoms with E-state index in [2.05, 4.69) is 18.1 Å².